The van der Waals surface area contributed by atoms with E-state index in [-0.39, 0.29) is 17.9 Å². The molecule has 1 aliphatic heterocycles. The SMILES string of the molecule is C=CCNC(=S)N1CCc2cc(OC)c(OC)cc2[C@@H]1CNC(=O)C(C)C. The summed E-state index contributed by atoms with van der Waals surface area (Å²) < 4.78 is 10.9. The van der Waals surface area contributed by atoms with Gasteiger partial charge in [-0.2, -0.15) is 0 Å². The maximum Gasteiger partial charge on any atom is 0.222 e. The second-order valence-electron chi connectivity index (χ2n) is 6.74. The predicted octanol–water partition coefficient (Wildman–Crippen LogP) is 2.44. The normalized spacial score (nSPS) is 15.7. The minimum atomic E-state index is -0.0823. The highest BCUT2D eigenvalue weighted by molar-refractivity contribution is 7.80. The molecule has 0 saturated heterocycles. The van der Waals surface area contributed by atoms with Crippen LogP contribution in [-0.4, -0.2) is 49.8 Å². The van der Waals surface area contributed by atoms with Crippen molar-refractivity contribution in [3.8, 4) is 11.5 Å². The molecule has 1 aromatic carbocycles. The maximum absolute atomic E-state index is 12.1. The van der Waals surface area contributed by atoms with E-state index in [0.29, 0.717) is 29.7 Å². The van der Waals surface area contributed by atoms with E-state index in [4.69, 9.17) is 21.7 Å². The van der Waals surface area contributed by atoms with Crippen LogP contribution >= 0.6 is 12.2 Å². The highest BCUT2D eigenvalue weighted by atomic mass is 32.1. The Bertz CT molecular complexity index is 706. The van der Waals surface area contributed by atoms with Crippen molar-refractivity contribution in [2.75, 3.05) is 33.9 Å². The van der Waals surface area contributed by atoms with Gasteiger partial charge in [0.2, 0.25) is 5.91 Å². The third kappa shape index (κ3) is 4.91. The van der Waals surface area contributed by atoms with E-state index in [1.807, 2.05) is 26.0 Å². The summed E-state index contributed by atoms with van der Waals surface area (Å²) >= 11 is 5.59. The van der Waals surface area contributed by atoms with Crippen molar-refractivity contribution < 1.29 is 14.3 Å². The number of rotatable bonds is 7. The second kappa shape index (κ2) is 9.60. The quantitative estimate of drug-likeness (QED) is 0.550. The third-order valence-corrected chi connectivity index (χ3v) is 5.03. The van der Waals surface area contributed by atoms with Crippen molar-refractivity contribution >= 4 is 23.2 Å². The molecule has 0 spiro atoms. The Hall–Kier alpha value is -2.28. The number of fused-ring (bicyclic) bond motifs is 1. The number of nitrogens with one attached hydrogen (secondary N) is 2. The van der Waals surface area contributed by atoms with Crippen LogP contribution in [0.3, 0.4) is 0 Å². The zero-order valence-electron chi connectivity index (χ0n) is 16.5. The number of ether oxygens (including phenoxy) is 2. The van der Waals surface area contributed by atoms with Gasteiger partial charge in [0, 0.05) is 25.6 Å². The molecule has 27 heavy (non-hydrogen) atoms. The Morgan fingerprint density at radius 3 is 2.59 bits per heavy atom. The fraction of sp³-hybridized carbons (Fsp3) is 0.500. The Balaban J connectivity index is 2.37. The van der Waals surface area contributed by atoms with Crippen molar-refractivity contribution in [1.29, 1.82) is 0 Å². The number of thiocarbonyl (C=S) groups is 1. The summed E-state index contributed by atoms with van der Waals surface area (Å²) in [6.45, 7) is 9.31. The molecule has 148 valence electrons. The van der Waals surface area contributed by atoms with Gasteiger partial charge < -0.3 is 25.0 Å². The van der Waals surface area contributed by atoms with Gasteiger partial charge in [0.15, 0.2) is 16.6 Å². The van der Waals surface area contributed by atoms with Gasteiger partial charge in [-0.15, -0.1) is 6.58 Å². The molecule has 7 heteroatoms. The van der Waals surface area contributed by atoms with Crippen LogP contribution in [0, 0.1) is 5.92 Å². The standard InChI is InChI=1S/C20H29N3O3S/c1-6-8-21-20(27)23-9-7-14-10-17(25-4)18(26-5)11-15(14)16(23)12-22-19(24)13(2)3/h6,10-11,13,16H,1,7-9,12H2,2-5H3,(H,21,27)(H,22,24)/t16-/m0/s1. The second-order valence-corrected chi connectivity index (χ2v) is 7.13. The highest BCUT2D eigenvalue weighted by Crippen LogP contribution is 2.38. The molecule has 0 radical (unpaired) electrons. The lowest BCUT2D eigenvalue weighted by molar-refractivity contribution is -0.124. The van der Waals surface area contributed by atoms with Gasteiger partial charge >= 0.3 is 0 Å². The summed E-state index contributed by atoms with van der Waals surface area (Å²) in [6.07, 6.45) is 2.61. The lowest BCUT2D eigenvalue weighted by atomic mass is 9.91. The first-order chi connectivity index (χ1) is 12.9. The van der Waals surface area contributed by atoms with Crippen LogP contribution in [0.1, 0.15) is 31.0 Å². The lowest BCUT2D eigenvalue weighted by Crippen LogP contribution is -2.49. The lowest BCUT2D eigenvalue weighted by Gasteiger charge is -2.39. The summed E-state index contributed by atoms with van der Waals surface area (Å²) in [5, 5.41) is 6.89. The van der Waals surface area contributed by atoms with Crippen LogP contribution in [0.2, 0.25) is 0 Å². The Kier molecular flexibility index (Phi) is 7.47. The van der Waals surface area contributed by atoms with Crippen LogP contribution < -0.4 is 20.1 Å². The van der Waals surface area contributed by atoms with Gasteiger partial charge in [-0.3, -0.25) is 4.79 Å². The van der Waals surface area contributed by atoms with Gasteiger partial charge in [0.05, 0.1) is 20.3 Å². The van der Waals surface area contributed by atoms with Crippen LogP contribution in [0.25, 0.3) is 0 Å². The summed E-state index contributed by atoms with van der Waals surface area (Å²) in [5.41, 5.74) is 2.27. The molecule has 0 unspecified atom stereocenters. The first-order valence-electron chi connectivity index (χ1n) is 9.10. The number of carbonyl (C=O) groups excluding carboxylic acids is 1. The summed E-state index contributed by atoms with van der Waals surface area (Å²) in [5.74, 6) is 1.33. The smallest absolute Gasteiger partial charge is 0.222 e. The Morgan fingerprint density at radius 1 is 1.33 bits per heavy atom. The largest absolute Gasteiger partial charge is 0.493 e. The highest BCUT2D eigenvalue weighted by Gasteiger charge is 2.31. The van der Waals surface area contributed by atoms with Crippen LogP contribution in [0.4, 0.5) is 0 Å². The monoisotopic (exact) mass is 391 g/mol. The van der Waals surface area contributed by atoms with Gasteiger partial charge in [-0.25, -0.2) is 0 Å². The van der Waals surface area contributed by atoms with Crippen molar-refractivity contribution in [3.05, 3.63) is 35.9 Å². The van der Waals surface area contributed by atoms with Crippen LogP contribution in [-0.2, 0) is 11.2 Å². The molecule has 1 aliphatic rings. The molecule has 1 heterocycles. The average molecular weight is 392 g/mol. The van der Waals surface area contributed by atoms with E-state index in [9.17, 15) is 4.79 Å². The predicted molar refractivity (Wildman–Crippen MR) is 111 cm³/mol. The molecular weight excluding hydrogens is 362 g/mol. The minimum Gasteiger partial charge on any atom is -0.493 e. The van der Waals surface area contributed by atoms with Gasteiger partial charge in [0.25, 0.3) is 0 Å². The topological polar surface area (TPSA) is 62.8 Å². The van der Waals surface area contributed by atoms with E-state index >= 15 is 0 Å². The molecule has 6 nitrogen and oxygen atoms in total. The van der Waals surface area contributed by atoms with E-state index in [1.54, 1.807) is 20.3 Å². The van der Waals surface area contributed by atoms with Crippen LogP contribution in [0.5, 0.6) is 11.5 Å². The number of methoxy groups -OCH3 is 2. The fourth-order valence-corrected chi connectivity index (χ4v) is 3.46. The summed E-state index contributed by atoms with van der Waals surface area (Å²) in [6, 6.07) is 3.92. The summed E-state index contributed by atoms with van der Waals surface area (Å²) in [4.78, 5) is 14.3. The molecular formula is C20H29N3O3S. The number of carbonyl (C=O) groups is 1. The van der Waals surface area contributed by atoms with Crippen molar-refractivity contribution in [1.82, 2.24) is 15.5 Å². The van der Waals surface area contributed by atoms with Gasteiger partial charge in [0.1, 0.15) is 0 Å². The van der Waals surface area contributed by atoms with Crippen molar-refractivity contribution in [2.45, 2.75) is 26.3 Å². The number of hydrogen-bond acceptors (Lipinski definition) is 4. The molecule has 1 aromatic rings. The van der Waals surface area contributed by atoms with Crippen molar-refractivity contribution in [3.63, 3.8) is 0 Å². The molecule has 2 N–H and O–H groups in total. The van der Waals surface area contributed by atoms with E-state index in [1.165, 1.54) is 5.56 Å². The molecule has 0 bridgehead atoms. The molecule has 2 rings (SSSR count). The first kappa shape index (κ1) is 21.0. The number of benzene rings is 1. The minimum absolute atomic E-state index is 0.0209. The van der Waals surface area contributed by atoms with Crippen LogP contribution in [0.15, 0.2) is 24.8 Å². The number of nitrogens with zero attached hydrogens (tertiary/aromatic N) is 1. The number of hydrogen-bond donors (Lipinski definition) is 2. The first-order valence-corrected chi connectivity index (χ1v) is 9.51. The Morgan fingerprint density at radius 2 is 2.00 bits per heavy atom. The molecule has 0 aliphatic carbocycles. The summed E-state index contributed by atoms with van der Waals surface area (Å²) in [7, 11) is 3.25. The maximum atomic E-state index is 12.1. The molecule has 1 amide bonds. The van der Waals surface area contributed by atoms with Crippen molar-refractivity contribution in [2.24, 2.45) is 5.92 Å². The zero-order valence-corrected chi connectivity index (χ0v) is 17.3. The van der Waals surface area contributed by atoms with E-state index in [0.717, 1.165) is 18.5 Å². The fourth-order valence-electron chi connectivity index (χ4n) is 3.15. The zero-order chi connectivity index (χ0) is 20.0. The van der Waals surface area contributed by atoms with E-state index < -0.39 is 0 Å². The molecule has 1 atom stereocenters. The third-order valence-electron chi connectivity index (χ3n) is 4.66. The Labute approximate surface area is 166 Å². The van der Waals surface area contributed by atoms with E-state index in [2.05, 4.69) is 22.1 Å². The molecule has 0 aromatic heterocycles. The number of amides is 1. The van der Waals surface area contributed by atoms with Gasteiger partial charge in [-0.1, -0.05) is 19.9 Å². The van der Waals surface area contributed by atoms with Gasteiger partial charge in [-0.05, 0) is 41.9 Å². The molecule has 0 fully saturated rings. The average Bonchev–Trinajstić information content (AvgIpc) is 2.68. The molecule has 0 saturated carbocycles.